The quantitative estimate of drug-likeness (QED) is 0.510. The Kier molecular flexibility index (Phi) is 13.5. The first-order valence-corrected chi connectivity index (χ1v) is 4.56. The average Bonchev–Trinajstić information content (AvgIpc) is 1.87. The van der Waals surface area contributed by atoms with E-state index in [-0.39, 0.29) is 28.5 Å². The summed E-state index contributed by atoms with van der Waals surface area (Å²) in [6.45, 7) is 1.83. The summed E-state index contributed by atoms with van der Waals surface area (Å²) in [5.74, 6) is 0. The van der Waals surface area contributed by atoms with Gasteiger partial charge < -0.3 is 18.8 Å². The third-order valence-electron chi connectivity index (χ3n) is 1.11. The van der Waals surface area contributed by atoms with Gasteiger partial charge in [0.05, 0.1) is 0 Å². The average molecular weight is 181 g/mol. The van der Waals surface area contributed by atoms with E-state index in [1.165, 1.54) is 0 Å². The highest BCUT2D eigenvalue weighted by Gasteiger charge is 2.29. The van der Waals surface area contributed by atoms with Gasteiger partial charge >= 0.3 is 31.9 Å². The summed E-state index contributed by atoms with van der Waals surface area (Å²) < 4.78 is 14.8. The van der Waals surface area contributed by atoms with Gasteiger partial charge in [0.25, 0.3) is 0 Å². The SMILES string of the molecule is CO[Si](C)(OC)OC.O.[MgH2]. The van der Waals surface area contributed by atoms with E-state index in [4.69, 9.17) is 13.3 Å². The van der Waals surface area contributed by atoms with Crippen molar-refractivity contribution in [2.75, 3.05) is 21.3 Å². The Balaban J connectivity index is -0.000000245. The predicted molar refractivity (Wildman–Crippen MR) is 44.8 cm³/mol. The molecule has 0 aliphatic carbocycles. The fourth-order valence-corrected chi connectivity index (χ4v) is 0.750. The summed E-state index contributed by atoms with van der Waals surface area (Å²) in [5.41, 5.74) is 0. The molecule has 0 aromatic heterocycles. The molecule has 0 rings (SSSR count). The van der Waals surface area contributed by atoms with Crippen LogP contribution < -0.4 is 0 Å². The smallest absolute Gasteiger partial charge is 0.412 e. The van der Waals surface area contributed by atoms with Gasteiger partial charge in [0.1, 0.15) is 0 Å². The Hall–Kier alpha value is 0.823. The molecule has 0 saturated carbocycles. The van der Waals surface area contributed by atoms with Crippen LogP contribution in [0.2, 0.25) is 6.55 Å². The Morgan fingerprint density at radius 1 is 0.900 bits per heavy atom. The fourth-order valence-electron chi connectivity index (χ4n) is 0.250. The molecular formula is C4H16MgO4Si. The third kappa shape index (κ3) is 5.60. The van der Waals surface area contributed by atoms with Gasteiger partial charge in [-0.05, 0) is 0 Å². The molecule has 62 valence electrons. The maximum absolute atomic E-state index is 4.93. The molecule has 0 unspecified atom stereocenters. The van der Waals surface area contributed by atoms with Gasteiger partial charge in [0.2, 0.25) is 0 Å². The van der Waals surface area contributed by atoms with E-state index in [1.807, 2.05) is 6.55 Å². The molecule has 6 heteroatoms. The van der Waals surface area contributed by atoms with Crippen LogP contribution in [0.15, 0.2) is 0 Å². The van der Waals surface area contributed by atoms with Crippen molar-refractivity contribution in [1.82, 2.24) is 0 Å². The molecule has 0 spiro atoms. The molecule has 0 atom stereocenters. The lowest BCUT2D eigenvalue weighted by atomic mass is 11.8. The van der Waals surface area contributed by atoms with Crippen LogP contribution in [0.5, 0.6) is 0 Å². The van der Waals surface area contributed by atoms with Gasteiger partial charge in [0, 0.05) is 27.9 Å². The molecule has 0 aromatic carbocycles. The van der Waals surface area contributed by atoms with E-state index in [9.17, 15) is 0 Å². The molecule has 10 heavy (non-hydrogen) atoms. The monoisotopic (exact) mass is 180 g/mol. The van der Waals surface area contributed by atoms with Crippen molar-refractivity contribution in [3.63, 3.8) is 0 Å². The Labute approximate surface area is 78.7 Å². The minimum atomic E-state index is -2.17. The summed E-state index contributed by atoms with van der Waals surface area (Å²) in [6, 6.07) is 0. The van der Waals surface area contributed by atoms with Gasteiger partial charge in [-0.2, -0.15) is 0 Å². The molecule has 0 bridgehead atoms. The molecule has 0 amide bonds. The van der Waals surface area contributed by atoms with Crippen molar-refractivity contribution < 1.29 is 18.8 Å². The van der Waals surface area contributed by atoms with Crippen molar-refractivity contribution in [2.24, 2.45) is 0 Å². The van der Waals surface area contributed by atoms with E-state index >= 15 is 0 Å². The molecule has 2 N–H and O–H groups in total. The third-order valence-corrected chi connectivity index (χ3v) is 3.34. The van der Waals surface area contributed by atoms with Crippen LogP contribution in [0.3, 0.4) is 0 Å². The molecule has 0 saturated heterocycles. The topological polar surface area (TPSA) is 59.2 Å². The number of hydrogen-bond acceptors (Lipinski definition) is 3. The second-order valence-corrected chi connectivity index (χ2v) is 4.42. The van der Waals surface area contributed by atoms with E-state index in [2.05, 4.69) is 0 Å². The van der Waals surface area contributed by atoms with Crippen LogP contribution in [0.25, 0.3) is 0 Å². The maximum Gasteiger partial charge on any atom is 0.496 e. The fraction of sp³-hybridized carbons (Fsp3) is 1.00. The molecule has 0 aromatic rings. The van der Waals surface area contributed by atoms with Crippen LogP contribution >= 0.6 is 0 Å². The zero-order valence-electron chi connectivity index (χ0n) is 6.22. The highest BCUT2D eigenvalue weighted by molar-refractivity contribution is 6.58. The van der Waals surface area contributed by atoms with Gasteiger partial charge in [-0.15, -0.1) is 0 Å². The Morgan fingerprint density at radius 2 is 1.10 bits per heavy atom. The van der Waals surface area contributed by atoms with E-state index in [0.29, 0.717) is 0 Å². The minimum absolute atomic E-state index is 0. The first-order valence-electron chi connectivity index (χ1n) is 2.34. The molecule has 0 heterocycles. The van der Waals surface area contributed by atoms with Crippen LogP contribution in [-0.4, -0.2) is 58.7 Å². The standard InChI is InChI=1S/C4H12O3Si.Mg.H2O.2H/c1-5-8(4,6-2)7-3;;;;/h1-4H3;;1H2;;. The van der Waals surface area contributed by atoms with Gasteiger partial charge in [-0.3, -0.25) is 0 Å². The van der Waals surface area contributed by atoms with Crippen LogP contribution in [0.1, 0.15) is 0 Å². The van der Waals surface area contributed by atoms with Crippen molar-refractivity contribution >= 4 is 31.9 Å². The van der Waals surface area contributed by atoms with Gasteiger partial charge in [0.15, 0.2) is 0 Å². The van der Waals surface area contributed by atoms with Crippen molar-refractivity contribution in [2.45, 2.75) is 6.55 Å². The van der Waals surface area contributed by atoms with Crippen LogP contribution in [0, 0.1) is 0 Å². The summed E-state index contributed by atoms with van der Waals surface area (Å²) in [7, 11) is 2.58. The highest BCUT2D eigenvalue weighted by atomic mass is 28.4. The second kappa shape index (κ2) is 7.92. The molecule has 0 radical (unpaired) electrons. The first kappa shape index (κ1) is 17.1. The van der Waals surface area contributed by atoms with E-state index in [1.54, 1.807) is 21.3 Å². The van der Waals surface area contributed by atoms with Crippen molar-refractivity contribution in [1.29, 1.82) is 0 Å². The summed E-state index contributed by atoms with van der Waals surface area (Å²) >= 11 is 0. The zero-order valence-corrected chi connectivity index (χ0v) is 7.22. The highest BCUT2D eigenvalue weighted by Crippen LogP contribution is 2.02. The van der Waals surface area contributed by atoms with Crippen LogP contribution in [0.4, 0.5) is 0 Å². The second-order valence-electron chi connectivity index (χ2n) is 1.47. The van der Waals surface area contributed by atoms with Gasteiger partial charge in [-0.25, -0.2) is 0 Å². The van der Waals surface area contributed by atoms with Crippen molar-refractivity contribution in [3.8, 4) is 0 Å². The summed E-state index contributed by atoms with van der Waals surface area (Å²) in [6.07, 6.45) is 0. The molecule has 0 aliphatic rings. The Bertz CT molecular complexity index is 60.0. The maximum atomic E-state index is 4.93. The summed E-state index contributed by atoms with van der Waals surface area (Å²) in [4.78, 5) is 0. The lowest BCUT2D eigenvalue weighted by Gasteiger charge is -2.18. The van der Waals surface area contributed by atoms with Crippen LogP contribution in [-0.2, 0) is 13.3 Å². The Morgan fingerprint density at radius 3 is 1.10 bits per heavy atom. The molecular weight excluding hydrogens is 164 g/mol. The zero-order chi connectivity index (χ0) is 6.62. The van der Waals surface area contributed by atoms with Gasteiger partial charge in [-0.1, -0.05) is 0 Å². The lowest BCUT2D eigenvalue weighted by molar-refractivity contribution is 0.132. The van der Waals surface area contributed by atoms with E-state index < -0.39 is 8.80 Å². The van der Waals surface area contributed by atoms with E-state index in [0.717, 1.165) is 0 Å². The number of rotatable bonds is 3. The normalized spacial score (nSPS) is 9.60. The summed E-state index contributed by atoms with van der Waals surface area (Å²) in [5, 5.41) is 0. The number of hydrogen-bond donors (Lipinski definition) is 0. The lowest BCUT2D eigenvalue weighted by Crippen LogP contribution is -2.38. The molecule has 4 nitrogen and oxygen atoms in total. The molecule has 0 aliphatic heterocycles. The predicted octanol–water partition coefficient (Wildman–Crippen LogP) is -1.25. The largest absolute Gasteiger partial charge is 0.496 e. The minimum Gasteiger partial charge on any atom is -0.412 e. The van der Waals surface area contributed by atoms with Crippen molar-refractivity contribution in [3.05, 3.63) is 0 Å². The first-order chi connectivity index (χ1) is 3.68. The molecule has 0 fully saturated rings.